The van der Waals surface area contributed by atoms with E-state index in [1.54, 1.807) is 0 Å². The highest BCUT2D eigenvalue weighted by atomic mass is 16.6. The van der Waals surface area contributed by atoms with Crippen LogP contribution in [0.2, 0.25) is 0 Å². The molecule has 0 unspecified atom stereocenters. The zero-order valence-corrected chi connectivity index (χ0v) is 13.0. The van der Waals surface area contributed by atoms with Gasteiger partial charge in [-0.05, 0) is 50.4 Å². The lowest BCUT2D eigenvalue weighted by molar-refractivity contribution is -0.134. The lowest BCUT2D eigenvalue weighted by Gasteiger charge is -2.39. The Labute approximate surface area is 130 Å². The fourth-order valence-corrected chi connectivity index (χ4v) is 3.54. The number of carbonyl (C=O) groups excluding carboxylic acids is 1. The van der Waals surface area contributed by atoms with Gasteiger partial charge >= 0.3 is 0 Å². The zero-order valence-electron chi connectivity index (χ0n) is 13.0. The third-order valence-electron chi connectivity index (χ3n) is 4.77. The molecule has 1 aromatic heterocycles. The second-order valence-corrected chi connectivity index (χ2v) is 6.37. The van der Waals surface area contributed by atoms with E-state index in [9.17, 15) is 4.79 Å². The van der Waals surface area contributed by atoms with Crippen LogP contribution in [0.3, 0.4) is 0 Å². The van der Waals surface area contributed by atoms with E-state index in [1.165, 1.54) is 38.8 Å². The normalized spacial score (nSPS) is 23.6. The molecule has 1 atom stereocenters. The highest BCUT2D eigenvalue weighted by molar-refractivity contribution is 5.79. The minimum absolute atomic E-state index is 0.0871. The van der Waals surface area contributed by atoms with Crippen molar-refractivity contribution in [3.8, 4) is 0 Å². The molecule has 2 aliphatic heterocycles. The predicted octanol–water partition coefficient (Wildman–Crippen LogP) is 1.06. The van der Waals surface area contributed by atoms with Crippen molar-refractivity contribution < 1.29 is 9.42 Å². The van der Waals surface area contributed by atoms with Crippen molar-refractivity contribution in [1.29, 1.82) is 0 Å². The largest absolute Gasteiger partial charge is 0.379 e. The van der Waals surface area contributed by atoms with Gasteiger partial charge in [0.15, 0.2) is 5.82 Å². The van der Waals surface area contributed by atoms with Crippen LogP contribution in [0.25, 0.3) is 0 Å². The van der Waals surface area contributed by atoms with Gasteiger partial charge in [-0.1, -0.05) is 11.6 Å². The van der Waals surface area contributed by atoms with Gasteiger partial charge in [-0.15, -0.1) is 0 Å². The summed E-state index contributed by atoms with van der Waals surface area (Å²) in [6.07, 6.45) is 7.46. The smallest absolute Gasteiger partial charge is 0.229 e. The average molecular weight is 307 g/mol. The van der Waals surface area contributed by atoms with E-state index in [4.69, 9.17) is 5.73 Å². The number of likely N-dealkylation sites (tertiary alicyclic amines) is 2. The number of nitrogen functional groups attached to an aromatic ring is 1. The molecular weight excluding hydrogens is 282 g/mol. The molecule has 7 heteroatoms. The fourth-order valence-electron chi connectivity index (χ4n) is 3.54. The molecule has 3 heterocycles. The Bertz CT molecular complexity index is 498. The van der Waals surface area contributed by atoms with Crippen LogP contribution in [0, 0.1) is 0 Å². The Balaban J connectivity index is 1.61. The SMILES string of the molecule is Nc1nonc1CC(=O)N1CCCC[C@@H]1CN1CCCCC1. The molecule has 3 rings (SSSR count). The summed E-state index contributed by atoms with van der Waals surface area (Å²) in [6, 6.07) is 0.320. The Kier molecular flexibility index (Phi) is 4.92. The number of nitrogens with zero attached hydrogens (tertiary/aromatic N) is 4. The van der Waals surface area contributed by atoms with Crippen molar-refractivity contribution in [3.05, 3.63) is 5.69 Å². The molecular formula is C15H25N5O2. The summed E-state index contributed by atoms with van der Waals surface area (Å²) in [5, 5.41) is 7.26. The van der Waals surface area contributed by atoms with Gasteiger partial charge in [0.1, 0.15) is 5.69 Å². The minimum atomic E-state index is 0.0871. The molecule has 0 radical (unpaired) electrons. The number of nitrogens with two attached hydrogens (primary N) is 1. The van der Waals surface area contributed by atoms with E-state index in [-0.39, 0.29) is 18.1 Å². The Morgan fingerprint density at radius 3 is 2.64 bits per heavy atom. The van der Waals surface area contributed by atoms with Gasteiger partial charge in [0.25, 0.3) is 0 Å². The summed E-state index contributed by atoms with van der Waals surface area (Å²) in [5.41, 5.74) is 6.11. The molecule has 22 heavy (non-hydrogen) atoms. The second kappa shape index (κ2) is 7.09. The fraction of sp³-hybridized carbons (Fsp3) is 0.800. The number of aromatic nitrogens is 2. The van der Waals surface area contributed by atoms with E-state index in [0.29, 0.717) is 11.7 Å². The van der Waals surface area contributed by atoms with Gasteiger partial charge in [-0.3, -0.25) is 4.79 Å². The summed E-state index contributed by atoms with van der Waals surface area (Å²) >= 11 is 0. The van der Waals surface area contributed by atoms with Crippen LogP contribution < -0.4 is 5.73 Å². The number of carbonyl (C=O) groups is 1. The summed E-state index contributed by atoms with van der Waals surface area (Å²) in [5.74, 6) is 0.307. The standard InChI is InChI=1S/C15H25N5O2/c16-15-13(17-22-18-15)10-14(21)20-9-5-2-6-12(20)11-19-7-3-1-4-8-19/h12H,1-11H2,(H2,16,18)/t12-/m1/s1. The van der Waals surface area contributed by atoms with Crippen molar-refractivity contribution in [2.45, 2.75) is 51.0 Å². The van der Waals surface area contributed by atoms with Crippen LogP contribution in [0.4, 0.5) is 5.82 Å². The Morgan fingerprint density at radius 1 is 1.14 bits per heavy atom. The molecule has 122 valence electrons. The molecule has 0 bridgehead atoms. The molecule has 0 saturated carbocycles. The molecule has 2 fully saturated rings. The minimum Gasteiger partial charge on any atom is -0.379 e. The first kappa shape index (κ1) is 15.3. The van der Waals surface area contributed by atoms with Crippen molar-refractivity contribution in [1.82, 2.24) is 20.1 Å². The number of amides is 1. The number of rotatable bonds is 4. The van der Waals surface area contributed by atoms with Gasteiger partial charge in [0, 0.05) is 19.1 Å². The molecule has 0 aliphatic carbocycles. The van der Waals surface area contributed by atoms with Crippen LogP contribution in [-0.4, -0.2) is 58.2 Å². The third kappa shape index (κ3) is 3.58. The molecule has 1 aromatic rings. The molecule has 0 spiro atoms. The van der Waals surface area contributed by atoms with Crippen LogP contribution in [0.15, 0.2) is 4.63 Å². The molecule has 0 aromatic carbocycles. The van der Waals surface area contributed by atoms with E-state index >= 15 is 0 Å². The first-order chi connectivity index (χ1) is 10.7. The zero-order chi connectivity index (χ0) is 15.4. The first-order valence-corrected chi connectivity index (χ1v) is 8.33. The Morgan fingerprint density at radius 2 is 1.91 bits per heavy atom. The number of hydrogen-bond acceptors (Lipinski definition) is 6. The predicted molar refractivity (Wildman–Crippen MR) is 82.1 cm³/mol. The van der Waals surface area contributed by atoms with Crippen molar-refractivity contribution >= 4 is 11.7 Å². The van der Waals surface area contributed by atoms with E-state index in [1.807, 2.05) is 4.90 Å². The second-order valence-electron chi connectivity index (χ2n) is 6.37. The van der Waals surface area contributed by atoms with Gasteiger partial charge in [0.2, 0.25) is 5.91 Å². The molecule has 2 aliphatic rings. The van der Waals surface area contributed by atoms with E-state index in [2.05, 4.69) is 19.8 Å². The molecule has 1 amide bonds. The summed E-state index contributed by atoms with van der Waals surface area (Å²) in [7, 11) is 0. The monoisotopic (exact) mass is 307 g/mol. The van der Waals surface area contributed by atoms with Gasteiger partial charge in [-0.2, -0.15) is 0 Å². The third-order valence-corrected chi connectivity index (χ3v) is 4.77. The topological polar surface area (TPSA) is 88.5 Å². The van der Waals surface area contributed by atoms with Crippen LogP contribution in [0.1, 0.15) is 44.2 Å². The summed E-state index contributed by atoms with van der Waals surface area (Å²) in [4.78, 5) is 17.1. The van der Waals surface area contributed by atoms with Gasteiger partial charge < -0.3 is 15.5 Å². The maximum absolute atomic E-state index is 12.6. The Hall–Kier alpha value is -1.63. The highest BCUT2D eigenvalue weighted by Crippen LogP contribution is 2.21. The maximum atomic E-state index is 12.6. The molecule has 2 saturated heterocycles. The van der Waals surface area contributed by atoms with E-state index < -0.39 is 0 Å². The average Bonchev–Trinajstić information content (AvgIpc) is 2.94. The summed E-state index contributed by atoms with van der Waals surface area (Å²) in [6.45, 7) is 4.16. The maximum Gasteiger partial charge on any atom is 0.229 e. The number of piperidine rings is 2. The quantitative estimate of drug-likeness (QED) is 0.895. The van der Waals surface area contributed by atoms with Crippen molar-refractivity contribution in [2.24, 2.45) is 0 Å². The van der Waals surface area contributed by atoms with Gasteiger partial charge in [-0.25, -0.2) is 4.63 Å². The lowest BCUT2D eigenvalue weighted by Crippen LogP contribution is -2.50. The van der Waals surface area contributed by atoms with Crippen LogP contribution in [0.5, 0.6) is 0 Å². The number of hydrogen-bond donors (Lipinski definition) is 1. The van der Waals surface area contributed by atoms with Crippen molar-refractivity contribution in [2.75, 3.05) is 31.9 Å². The van der Waals surface area contributed by atoms with E-state index in [0.717, 1.165) is 25.9 Å². The van der Waals surface area contributed by atoms with Crippen LogP contribution in [-0.2, 0) is 11.2 Å². The molecule has 2 N–H and O–H groups in total. The highest BCUT2D eigenvalue weighted by Gasteiger charge is 2.29. The van der Waals surface area contributed by atoms with Crippen LogP contribution >= 0.6 is 0 Å². The summed E-state index contributed by atoms with van der Waals surface area (Å²) < 4.78 is 4.58. The molecule has 7 nitrogen and oxygen atoms in total. The lowest BCUT2D eigenvalue weighted by atomic mass is 9.99. The van der Waals surface area contributed by atoms with Crippen molar-refractivity contribution in [3.63, 3.8) is 0 Å². The first-order valence-electron chi connectivity index (χ1n) is 8.33. The number of anilines is 1. The van der Waals surface area contributed by atoms with Gasteiger partial charge in [0.05, 0.1) is 6.42 Å².